The van der Waals surface area contributed by atoms with Crippen LogP contribution in [0, 0.1) is 0 Å². The van der Waals surface area contributed by atoms with Crippen molar-refractivity contribution in [2.24, 2.45) is 0 Å². The molecular formula is C18H19BrN2O3S. The highest BCUT2D eigenvalue weighted by Crippen LogP contribution is 2.21. The molecular weight excluding hydrogens is 404 g/mol. The Bertz CT molecular complexity index is 883. The van der Waals surface area contributed by atoms with E-state index in [2.05, 4.69) is 26.7 Å². The van der Waals surface area contributed by atoms with E-state index in [9.17, 15) is 13.2 Å². The number of halogens is 1. The van der Waals surface area contributed by atoms with Crippen LogP contribution in [0.5, 0.6) is 0 Å². The lowest BCUT2D eigenvalue weighted by atomic mass is 10.00. The quantitative estimate of drug-likeness (QED) is 0.805. The van der Waals surface area contributed by atoms with Gasteiger partial charge in [0.1, 0.15) is 0 Å². The highest BCUT2D eigenvalue weighted by molar-refractivity contribution is 9.10. The summed E-state index contributed by atoms with van der Waals surface area (Å²) >= 11 is 3.24. The Hall–Kier alpha value is -1.70. The fourth-order valence-electron chi connectivity index (χ4n) is 2.90. The van der Waals surface area contributed by atoms with Crippen LogP contribution in [0.4, 0.5) is 0 Å². The number of nitrogens with zero attached hydrogens (tertiary/aromatic N) is 1. The molecule has 0 unspecified atom stereocenters. The minimum atomic E-state index is -3.63. The molecule has 2 aromatic rings. The molecule has 1 heterocycles. The molecule has 0 spiro atoms. The molecule has 0 radical (unpaired) electrons. The maximum atomic E-state index is 12.4. The summed E-state index contributed by atoms with van der Waals surface area (Å²) in [4.78, 5) is 14.3. The van der Waals surface area contributed by atoms with Crippen LogP contribution in [0.2, 0.25) is 0 Å². The molecule has 0 bridgehead atoms. The van der Waals surface area contributed by atoms with Crippen molar-refractivity contribution in [2.45, 2.75) is 24.3 Å². The fraction of sp³-hybridized carbons (Fsp3) is 0.278. The van der Waals surface area contributed by atoms with Crippen molar-refractivity contribution in [3.63, 3.8) is 0 Å². The average Bonchev–Trinajstić information content (AvgIpc) is 2.61. The molecule has 3 rings (SSSR count). The largest absolute Gasteiger partial charge is 0.338 e. The van der Waals surface area contributed by atoms with E-state index in [1.807, 2.05) is 18.2 Å². The first-order valence-electron chi connectivity index (χ1n) is 8.06. The zero-order valence-electron chi connectivity index (χ0n) is 13.6. The summed E-state index contributed by atoms with van der Waals surface area (Å²) in [6.07, 6.45) is 0.983. The highest BCUT2D eigenvalue weighted by Gasteiger charge is 2.21. The van der Waals surface area contributed by atoms with Gasteiger partial charge in [0.25, 0.3) is 0 Å². The third kappa shape index (κ3) is 4.29. The van der Waals surface area contributed by atoms with E-state index < -0.39 is 10.0 Å². The van der Waals surface area contributed by atoms with Gasteiger partial charge < -0.3 is 4.90 Å². The predicted octanol–water partition coefficient (Wildman–Crippen LogP) is 2.70. The van der Waals surface area contributed by atoms with Gasteiger partial charge in [-0.2, -0.15) is 0 Å². The van der Waals surface area contributed by atoms with Gasteiger partial charge in [-0.25, -0.2) is 13.1 Å². The van der Waals surface area contributed by atoms with Crippen LogP contribution in [0.15, 0.2) is 57.9 Å². The van der Waals surface area contributed by atoms with E-state index in [-0.39, 0.29) is 23.8 Å². The summed E-state index contributed by atoms with van der Waals surface area (Å²) in [7, 11) is -3.63. The molecule has 0 aliphatic carbocycles. The molecule has 0 saturated heterocycles. The number of benzene rings is 2. The molecule has 0 aromatic heterocycles. The van der Waals surface area contributed by atoms with Gasteiger partial charge in [0.2, 0.25) is 15.9 Å². The standard InChI is InChI=1S/C18H19BrN2O3S/c19-16-7-3-4-8-17(16)25(23,24)20-11-9-18(22)21-12-10-14-5-1-2-6-15(14)13-21/h1-8,20H,9-13H2. The summed E-state index contributed by atoms with van der Waals surface area (Å²) in [5.41, 5.74) is 2.44. The van der Waals surface area contributed by atoms with E-state index >= 15 is 0 Å². The first-order chi connectivity index (χ1) is 12.0. The summed E-state index contributed by atoms with van der Waals surface area (Å²) in [6, 6.07) is 14.7. The Labute approximate surface area is 156 Å². The molecule has 0 fully saturated rings. The predicted molar refractivity (Wildman–Crippen MR) is 99.5 cm³/mol. The van der Waals surface area contributed by atoms with Gasteiger partial charge in [0.15, 0.2) is 0 Å². The zero-order valence-corrected chi connectivity index (χ0v) is 16.0. The Morgan fingerprint density at radius 3 is 2.52 bits per heavy atom. The van der Waals surface area contributed by atoms with Crippen LogP contribution in [-0.2, 0) is 27.8 Å². The highest BCUT2D eigenvalue weighted by atomic mass is 79.9. The molecule has 0 atom stereocenters. The second-order valence-corrected chi connectivity index (χ2v) is 8.50. The van der Waals surface area contributed by atoms with Crippen molar-refractivity contribution in [1.82, 2.24) is 9.62 Å². The van der Waals surface area contributed by atoms with E-state index in [0.717, 1.165) is 12.0 Å². The topological polar surface area (TPSA) is 66.5 Å². The van der Waals surface area contributed by atoms with Gasteiger partial charge in [-0.15, -0.1) is 0 Å². The molecule has 1 N–H and O–H groups in total. The molecule has 1 aliphatic heterocycles. The van der Waals surface area contributed by atoms with Crippen LogP contribution < -0.4 is 4.72 Å². The Kier molecular flexibility index (Phi) is 5.56. The maximum absolute atomic E-state index is 12.4. The minimum Gasteiger partial charge on any atom is -0.338 e. The number of carbonyl (C=O) groups excluding carboxylic acids is 1. The lowest BCUT2D eigenvalue weighted by Gasteiger charge is -2.29. The molecule has 7 heteroatoms. The van der Waals surface area contributed by atoms with Gasteiger partial charge in [-0.3, -0.25) is 4.79 Å². The third-order valence-electron chi connectivity index (χ3n) is 4.24. The summed E-state index contributed by atoms with van der Waals surface area (Å²) in [6.45, 7) is 1.35. The van der Waals surface area contributed by atoms with Crippen molar-refractivity contribution >= 4 is 31.9 Å². The number of fused-ring (bicyclic) bond motifs is 1. The van der Waals surface area contributed by atoms with Gasteiger partial charge in [0.05, 0.1) is 4.90 Å². The zero-order chi connectivity index (χ0) is 17.9. The van der Waals surface area contributed by atoms with Gasteiger partial charge in [0, 0.05) is 30.5 Å². The molecule has 5 nitrogen and oxygen atoms in total. The van der Waals surface area contributed by atoms with Gasteiger partial charge in [-0.05, 0) is 45.6 Å². The summed E-state index contributed by atoms with van der Waals surface area (Å²) in [5.74, 6) is -0.0377. The van der Waals surface area contributed by atoms with E-state index in [1.165, 1.54) is 11.6 Å². The Balaban J connectivity index is 1.56. The molecule has 1 amide bonds. The molecule has 1 aliphatic rings. The average molecular weight is 423 g/mol. The SMILES string of the molecule is O=C(CCNS(=O)(=O)c1ccccc1Br)N1CCc2ccccc2C1. The van der Waals surface area contributed by atoms with E-state index in [1.54, 1.807) is 23.1 Å². The fourth-order valence-corrected chi connectivity index (χ4v) is 4.93. The lowest BCUT2D eigenvalue weighted by Crippen LogP contribution is -2.38. The Morgan fingerprint density at radius 1 is 1.08 bits per heavy atom. The van der Waals surface area contributed by atoms with Crippen LogP contribution in [0.3, 0.4) is 0 Å². The summed E-state index contributed by atoms with van der Waals surface area (Å²) < 4.78 is 27.6. The minimum absolute atomic E-state index is 0.0377. The van der Waals surface area contributed by atoms with Crippen LogP contribution >= 0.6 is 15.9 Å². The number of carbonyl (C=O) groups is 1. The number of sulfonamides is 1. The van der Waals surface area contributed by atoms with Crippen molar-refractivity contribution in [2.75, 3.05) is 13.1 Å². The first kappa shape index (κ1) is 18.1. The first-order valence-corrected chi connectivity index (χ1v) is 10.3. The Morgan fingerprint density at radius 2 is 1.76 bits per heavy atom. The normalized spacial score (nSPS) is 14.2. The van der Waals surface area contributed by atoms with Crippen LogP contribution in [0.1, 0.15) is 17.5 Å². The smallest absolute Gasteiger partial charge is 0.241 e. The maximum Gasteiger partial charge on any atom is 0.241 e. The third-order valence-corrected chi connectivity index (χ3v) is 6.71. The van der Waals surface area contributed by atoms with Crippen LogP contribution in [0.25, 0.3) is 0 Å². The number of hydrogen-bond acceptors (Lipinski definition) is 3. The van der Waals surface area contributed by atoms with E-state index in [0.29, 0.717) is 17.6 Å². The molecule has 2 aromatic carbocycles. The van der Waals surface area contributed by atoms with Crippen molar-refractivity contribution in [3.8, 4) is 0 Å². The second-order valence-electron chi connectivity index (χ2n) is 5.91. The summed E-state index contributed by atoms with van der Waals surface area (Å²) in [5, 5.41) is 0. The van der Waals surface area contributed by atoms with E-state index in [4.69, 9.17) is 0 Å². The molecule has 132 valence electrons. The molecule has 25 heavy (non-hydrogen) atoms. The van der Waals surface area contributed by atoms with Crippen LogP contribution in [-0.4, -0.2) is 32.3 Å². The number of amides is 1. The second kappa shape index (κ2) is 7.68. The number of hydrogen-bond donors (Lipinski definition) is 1. The number of rotatable bonds is 5. The van der Waals surface area contributed by atoms with Gasteiger partial charge >= 0.3 is 0 Å². The number of nitrogens with one attached hydrogen (secondary N) is 1. The molecule has 0 saturated carbocycles. The van der Waals surface area contributed by atoms with Crippen molar-refractivity contribution < 1.29 is 13.2 Å². The van der Waals surface area contributed by atoms with Gasteiger partial charge in [-0.1, -0.05) is 36.4 Å². The van der Waals surface area contributed by atoms with Crippen molar-refractivity contribution in [1.29, 1.82) is 0 Å². The van der Waals surface area contributed by atoms with Crippen molar-refractivity contribution in [3.05, 3.63) is 64.1 Å². The monoisotopic (exact) mass is 422 g/mol. The lowest BCUT2D eigenvalue weighted by molar-refractivity contribution is -0.131.